The molecule has 2 amide bonds. The molecule has 3 atom stereocenters. The van der Waals surface area contributed by atoms with Crippen LogP contribution in [-0.2, 0) is 6.54 Å². The number of hydrogen-bond acceptors (Lipinski definition) is 4. The lowest BCUT2D eigenvalue weighted by molar-refractivity contribution is -0.0485. The van der Waals surface area contributed by atoms with Crippen LogP contribution in [-0.4, -0.2) is 54.4 Å². The molecular weight excluding hydrogens is 366 g/mol. The average molecular weight is 396 g/mol. The van der Waals surface area contributed by atoms with Crippen LogP contribution in [0.5, 0.6) is 5.75 Å². The molecule has 0 saturated carbocycles. The zero-order valence-corrected chi connectivity index (χ0v) is 17.2. The van der Waals surface area contributed by atoms with Crippen molar-refractivity contribution in [3.8, 4) is 5.75 Å². The van der Waals surface area contributed by atoms with Crippen LogP contribution >= 0.6 is 0 Å². The molecule has 0 unspecified atom stereocenters. The van der Waals surface area contributed by atoms with Gasteiger partial charge in [0.1, 0.15) is 5.75 Å². The highest BCUT2D eigenvalue weighted by Gasteiger charge is 2.53. The van der Waals surface area contributed by atoms with Crippen molar-refractivity contribution in [1.82, 2.24) is 10.2 Å². The Morgan fingerprint density at radius 3 is 2.59 bits per heavy atom. The van der Waals surface area contributed by atoms with Gasteiger partial charge in [-0.05, 0) is 43.2 Å². The second-order valence-corrected chi connectivity index (χ2v) is 8.14. The van der Waals surface area contributed by atoms with Crippen LogP contribution in [0.15, 0.2) is 48.5 Å². The molecule has 1 fully saturated rings. The van der Waals surface area contributed by atoms with Gasteiger partial charge < -0.3 is 15.2 Å². The number of hydrogen-bond donors (Lipinski definition) is 2. The number of anilines is 1. The van der Waals surface area contributed by atoms with Gasteiger partial charge in [0.2, 0.25) is 0 Å². The first kappa shape index (κ1) is 19.7. The first-order chi connectivity index (χ1) is 14.0. The highest BCUT2D eigenvalue weighted by atomic mass is 16.5. The lowest BCUT2D eigenvalue weighted by atomic mass is 9.72. The van der Waals surface area contributed by atoms with Gasteiger partial charge in [-0.1, -0.05) is 30.3 Å². The van der Waals surface area contributed by atoms with E-state index in [1.165, 1.54) is 5.56 Å². The van der Waals surface area contributed by atoms with Gasteiger partial charge in [0.05, 0.1) is 13.7 Å². The summed E-state index contributed by atoms with van der Waals surface area (Å²) >= 11 is 0. The zero-order valence-electron chi connectivity index (χ0n) is 17.2. The number of carbonyl (C=O) groups is 1. The van der Waals surface area contributed by atoms with Gasteiger partial charge in [-0.25, -0.2) is 4.79 Å². The molecule has 0 aromatic heterocycles. The number of nitrogens with zero attached hydrogens (tertiary/aromatic N) is 2. The fraction of sp³-hybridized carbons (Fsp3) is 0.435. The molecule has 6 heteroatoms. The summed E-state index contributed by atoms with van der Waals surface area (Å²) in [6.45, 7) is 5.39. The molecule has 2 aliphatic heterocycles. The Hall–Kier alpha value is -2.57. The molecule has 2 aliphatic rings. The number of urea groups is 1. The highest BCUT2D eigenvalue weighted by Crippen LogP contribution is 2.48. The van der Waals surface area contributed by atoms with E-state index in [0.29, 0.717) is 6.54 Å². The largest absolute Gasteiger partial charge is 0.497 e. The molecule has 0 radical (unpaired) electrons. The molecule has 1 saturated heterocycles. The molecular formula is C23H29N3O3. The molecule has 2 aromatic rings. The summed E-state index contributed by atoms with van der Waals surface area (Å²) in [5.41, 5.74) is 3.27. The molecule has 29 heavy (non-hydrogen) atoms. The predicted molar refractivity (Wildman–Crippen MR) is 113 cm³/mol. The minimum atomic E-state index is -0.0669. The van der Waals surface area contributed by atoms with Crippen molar-refractivity contribution in [1.29, 1.82) is 0 Å². The van der Waals surface area contributed by atoms with E-state index < -0.39 is 0 Å². The number of benzene rings is 2. The topological polar surface area (TPSA) is 65.0 Å². The van der Waals surface area contributed by atoms with Crippen molar-refractivity contribution in [2.45, 2.75) is 44.4 Å². The summed E-state index contributed by atoms with van der Waals surface area (Å²) in [5, 5.41) is 13.1. The number of likely N-dealkylation sites (tertiary alicyclic amines) is 1. The van der Waals surface area contributed by atoms with E-state index in [4.69, 9.17) is 4.74 Å². The maximum Gasteiger partial charge on any atom is 0.322 e. The number of para-hydroxylation sites is 1. The lowest BCUT2D eigenvalue weighted by Crippen LogP contribution is -2.69. The minimum Gasteiger partial charge on any atom is -0.497 e. The van der Waals surface area contributed by atoms with Gasteiger partial charge in [0, 0.05) is 42.8 Å². The normalized spacial score (nSPS) is 23.2. The first-order valence-corrected chi connectivity index (χ1v) is 10.2. The molecule has 4 rings (SSSR count). The number of fused-ring (bicyclic) bond motifs is 3. The molecule has 0 spiro atoms. The number of amides is 2. The number of nitrogens with one attached hydrogen (secondary N) is 1. The van der Waals surface area contributed by atoms with Gasteiger partial charge in [0.25, 0.3) is 0 Å². The van der Waals surface area contributed by atoms with E-state index in [9.17, 15) is 9.90 Å². The Balaban J connectivity index is 1.61. The van der Waals surface area contributed by atoms with Gasteiger partial charge in [-0.15, -0.1) is 0 Å². The van der Waals surface area contributed by atoms with Crippen LogP contribution in [0.1, 0.15) is 30.9 Å². The summed E-state index contributed by atoms with van der Waals surface area (Å²) in [7, 11) is 1.66. The summed E-state index contributed by atoms with van der Waals surface area (Å²) < 4.78 is 5.25. The second-order valence-electron chi connectivity index (χ2n) is 8.14. The van der Waals surface area contributed by atoms with E-state index >= 15 is 0 Å². The molecule has 2 N–H and O–H groups in total. The Morgan fingerprint density at radius 2 is 1.93 bits per heavy atom. The van der Waals surface area contributed by atoms with Crippen molar-refractivity contribution < 1.29 is 14.6 Å². The molecule has 154 valence electrons. The highest BCUT2D eigenvalue weighted by molar-refractivity contribution is 5.94. The number of ether oxygens (including phenoxy) is 1. The Kier molecular flexibility index (Phi) is 5.48. The first-order valence-electron chi connectivity index (χ1n) is 10.2. The van der Waals surface area contributed by atoms with Crippen LogP contribution in [0, 0.1) is 0 Å². The predicted octanol–water partition coefficient (Wildman–Crippen LogP) is 2.96. The monoisotopic (exact) mass is 395 g/mol. The lowest BCUT2D eigenvalue weighted by Gasteiger charge is -2.59. The van der Waals surface area contributed by atoms with Crippen LogP contribution < -0.4 is 15.0 Å². The van der Waals surface area contributed by atoms with Crippen LogP contribution in [0.4, 0.5) is 10.5 Å². The fourth-order valence-corrected chi connectivity index (χ4v) is 4.66. The van der Waals surface area contributed by atoms with Crippen LogP contribution in [0.3, 0.4) is 0 Å². The van der Waals surface area contributed by atoms with Crippen molar-refractivity contribution in [3.63, 3.8) is 0 Å². The van der Waals surface area contributed by atoms with Crippen molar-refractivity contribution in [2.24, 2.45) is 0 Å². The van der Waals surface area contributed by atoms with Crippen molar-refractivity contribution >= 4 is 11.7 Å². The smallest absolute Gasteiger partial charge is 0.322 e. The van der Waals surface area contributed by atoms with E-state index in [1.54, 1.807) is 7.11 Å². The standard InChI is InChI=1S/C23H29N3O3/c1-15(2)24-23(28)26-13-20-22(18-6-4-5-7-19(18)26)21(14-27)25(20)12-16-8-10-17(29-3)11-9-16/h4-11,15,20-22,27H,12-14H2,1-3H3,(H,24,28)/t20-,21-,22+/m1/s1. The number of carbonyl (C=O) groups excluding carboxylic acids is 1. The van der Waals surface area contributed by atoms with Crippen molar-refractivity contribution in [2.75, 3.05) is 25.2 Å². The quantitative estimate of drug-likeness (QED) is 0.817. The van der Waals surface area contributed by atoms with E-state index in [0.717, 1.165) is 23.5 Å². The Labute approximate surface area is 172 Å². The third kappa shape index (κ3) is 3.58. The van der Waals surface area contributed by atoms with E-state index in [-0.39, 0.29) is 36.7 Å². The van der Waals surface area contributed by atoms with Gasteiger partial charge in [-0.2, -0.15) is 0 Å². The summed E-state index contributed by atoms with van der Waals surface area (Å²) in [5.74, 6) is 1.06. The summed E-state index contributed by atoms with van der Waals surface area (Å²) in [4.78, 5) is 17.0. The van der Waals surface area contributed by atoms with Gasteiger partial charge in [-0.3, -0.25) is 9.80 Å². The maximum absolute atomic E-state index is 12.9. The third-order valence-corrected chi connectivity index (χ3v) is 6.01. The maximum atomic E-state index is 12.9. The van der Waals surface area contributed by atoms with Crippen LogP contribution in [0.25, 0.3) is 0 Å². The zero-order chi connectivity index (χ0) is 20.5. The number of aliphatic hydroxyl groups excluding tert-OH is 1. The van der Waals surface area contributed by atoms with E-state index in [1.807, 2.05) is 49.1 Å². The van der Waals surface area contributed by atoms with Crippen molar-refractivity contribution in [3.05, 3.63) is 59.7 Å². The third-order valence-electron chi connectivity index (χ3n) is 6.01. The Morgan fingerprint density at radius 1 is 1.21 bits per heavy atom. The molecule has 0 bridgehead atoms. The average Bonchev–Trinajstić information content (AvgIpc) is 2.71. The Bertz CT molecular complexity index is 868. The number of methoxy groups -OCH3 is 1. The van der Waals surface area contributed by atoms with Gasteiger partial charge in [0.15, 0.2) is 0 Å². The van der Waals surface area contributed by atoms with E-state index in [2.05, 4.69) is 28.4 Å². The number of rotatable bonds is 5. The SMILES string of the molecule is COc1ccc(CN2[C@H](CO)[C@H]3c4ccccc4N(C(=O)NC(C)C)C[C@H]32)cc1. The molecule has 0 aliphatic carbocycles. The summed E-state index contributed by atoms with van der Waals surface area (Å²) in [6.07, 6.45) is 0. The molecule has 2 aromatic carbocycles. The molecule has 6 nitrogen and oxygen atoms in total. The second kappa shape index (κ2) is 8.05. The number of aliphatic hydroxyl groups is 1. The minimum absolute atomic E-state index is 0.0542. The van der Waals surface area contributed by atoms with Crippen LogP contribution in [0.2, 0.25) is 0 Å². The summed E-state index contributed by atoms with van der Waals surface area (Å²) in [6, 6.07) is 16.4. The van der Waals surface area contributed by atoms with Gasteiger partial charge >= 0.3 is 6.03 Å². The molecule has 2 heterocycles. The fourth-order valence-electron chi connectivity index (χ4n) is 4.66.